The van der Waals surface area contributed by atoms with E-state index in [0.29, 0.717) is 6.04 Å². The molecule has 5 nitrogen and oxygen atoms in total. The Labute approximate surface area is 142 Å². The Bertz CT molecular complexity index is 767. The summed E-state index contributed by atoms with van der Waals surface area (Å²) in [6.45, 7) is 3.17. The van der Waals surface area contributed by atoms with Crippen molar-refractivity contribution in [3.63, 3.8) is 0 Å². The van der Waals surface area contributed by atoms with Gasteiger partial charge in [-0.3, -0.25) is 14.3 Å². The molecule has 1 aliphatic rings. The number of benzene rings is 1. The second-order valence-electron chi connectivity index (χ2n) is 6.54. The summed E-state index contributed by atoms with van der Waals surface area (Å²) in [5.41, 5.74) is 3.60. The van der Waals surface area contributed by atoms with Gasteiger partial charge in [-0.25, -0.2) is 0 Å². The molecule has 124 valence electrons. The molecule has 0 N–H and O–H groups in total. The summed E-state index contributed by atoms with van der Waals surface area (Å²) in [7, 11) is 2.00. The van der Waals surface area contributed by atoms with E-state index >= 15 is 0 Å². The number of hydrogen-bond donors (Lipinski definition) is 0. The highest BCUT2D eigenvalue weighted by Crippen LogP contribution is 2.26. The second-order valence-corrected chi connectivity index (χ2v) is 6.54. The van der Waals surface area contributed by atoms with Crippen molar-refractivity contribution in [3.8, 4) is 11.3 Å². The molecule has 2 aromatic heterocycles. The number of likely N-dealkylation sites (tertiary alicyclic amines) is 1. The van der Waals surface area contributed by atoms with Crippen LogP contribution in [0.25, 0.3) is 11.3 Å². The van der Waals surface area contributed by atoms with Crippen molar-refractivity contribution >= 4 is 0 Å². The fourth-order valence-electron chi connectivity index (χ4n) is 3.57. The van der Waals surface area contributed by atoms with Gasteiger partial charge in [-0.2, -0.15) is 10.2 Å². The largest absolute Gasteiger partial charge is 0.299 e. The van der Waals surface area contributed by atoms with Crippen molar-refractivity contribution in [1.29, 1.82) is 0 Å². The molecule has 0 spiro atoms. The van der Waals surface area contributed by atoms with Crippen molar-refractivity contribution in [3.05, 3.63) is 60.6 Å². The van der Waals surface area contributed by atoms with Crippen LogP contribution in [0.5, 0.6) is 0 Å². The van der Waals surface area contributed by atoms with Gasteiger partial charge in [-0.15, -0.1) is 0 Å². The van der Waals surface area contributed by atoms with Crippen molar-refractivity contribution in [2.24, 2.45) is 7.05 Å². The molecule has 1 aromatic carbocycles. The van der Waals surface area contributed by atoms with Crippen LogP contribution in [-0.4, -0.2) is 37.6 Å². The Morgan fingerprint density at radius 3 is 2.58 bits per heavy atom. The molecule has 24 heavy (non-hydrogen) atoms. The Kier molecular flexibility index (Phi) is 4.17. The lowest BCUT2D eigenvalue weighted by atomic mass is 10.0. The van der Waals surface area contributed by atoms with Gasteiger partial charge in [0.05, 0.1) is 11.7 Å². The smallest absolute Gasteiger partial charge is 0.0968 e. The Balaban J connectivity index is 1.45. The fraction of sp³-hybridized carbons (Fsp3) is 0.368. The van der Waals surface area contributed by atoms with Gasteiger partial charge in [0.25, 0.3) is 0 Å². The van der Waals surface area contributed by atoms with Crippen LogP contribution in [0.1, 0.15) is 24.4 Å². The van der Waals surface area contributed by atoms with Gasteiger partial charge in [0.15, 0.2) is 0 Å². The predicted octanol–water partition coefficient (Wildman–Crippen LogP) is 3.12. The topological polar surface area (TPSA) is 38.9 Å². The Hall–Kier alpha value is -2.40. The van der Waals surface area contributed by atoms with Gasteiger partial charge in [0.2, 0.25) is 0 Å². The normalized spacial score (nSPS) is 16.5. The fourth-order valence-corrected chi connectivity index (χ4v) is 3.57. The summed E-state index contributed by atoms with van der Waals surface area (Å²) in [4.78, 5) is 2.53. The number of piperidine rings is 1. The summed E-state index contributed by atoms with van der Waals surface area (Å²) < 4.78 is 4.03. The number of nitrogens with zero attached hydrogens (tertiary/aromatic N) is 5. The third kappa shape index (κ3) is 3.12. The third-order valence-electron chi connectivity index (χ3n) is 4.80. The third-order valence-corrected chi connectivity index (χ3v) is 4.80. The maximum absolute atomic E-state index is 4.68. The first-order valence-corrected chi connectivity index (χ1v) is 8.59. The molecule has 5 heteroatoms. The number of rotatable bonds is 4. The first kappa shape index (κ1) is 15.1. The quantitative estimate of drug-likeness (QED) is 0.741. The summed E-state index contributed by atoms with van der Waals surface area (Å²) in [6.07, 6.45) is 8.41. The molecule has 0 unspecified atom stereocenters. The van der Waals surface area contributed by atoms with E-state index in [1.165, 1.54) is 11.1 Å². The van der Waals surface area contributed by atoms with Crippen molar-refractivity contribution in [2.45, 2.75) is 25.4 Å². The molecule has 3 aromatic rings. The highest BCUT2D eigenvalue weighted by molar-refractivity contribution is 5.62. The number of hydrogen-bond acceptors (Lipinski definition) is 3. The second kappa shape index (κ2) is 6.61. The molecule has 1 saturated heterocycles. The van der Waals surface area contributed by atoms with E-state index in [-0.39, 0.29) is 0 Å². The first-order valence-electron chi connectivity index (χ1n) is 8.59. The molecule has 0 aliphatic carbocycles. The SMILES string of the molecule is Cn1cc(CN2CCC(n3cccn3)CC2)c(-c2ccccc2)n1. The molecular formula is C19H23N5. The lowest BCUT2D eigenvalue weighted by Crippen LogP contribution is -2.34. The molecule has 0 saturated carbocycles. The zero-order valence-electron chi connectivity index (χ0n) is 14.0. The van der Waals surface area contributed by atoms with Gasteiger partial charge in [0.1, 0.15) is 0 Å². The minimum absolute atomic E-state index is 0.541. The van der Waals surface area contributed by atoms with Gasteiger partial charge < -0.3 is 0 Å². The lowest BCUT2D eigenvalue weighted by Gasteiger charge is -2.31. The molecule has 1 aliphatic heterocycles. The average molecular weight is 321 g/mol. The number of aromatic nitrogens is 4. The number of aryl methyl sites for hydroxylation is 1. The standard InChI is InChI=1S/C19H23N5/c1-22-14-17(19(21-22)16-6-3-2-4-7-16)15-23-12-8-18(9-13-23)24-11-5-10-20-24/h2-7,10-11,14,18H,8-9,12-13,15H2,1H3. The summed E-state index contributed by atoms with van der Waals surface area (Å²) >= 11 is 0. The van der Waals surface area contributed by atoms with Gasteiger partial charge in [0, 0.05) is 56.4 Å². The van der Waals surface area contributed by atoms with Gasteiger partial charge >= 0.3 is 0 Å². The average Bonchev–Trinajstić information content (AvgIpc) is 3.26. The van der Waals surface area contributed by atoms with E-state index in [0.717, 1.165) is 38.2 Å². The van der Waals surface area contributed by atoms with E-state index < -0.39 is 0 Å². The van der Waals surface area contributed by atoms with E-state index in [9.17, 15) is 0 Å². The van der Waals surface area contributed by atoms with Crippen LogP contribution >= 0.6 is 0 Å². The zero-order valence-corrected chi connectivity index (χ0v) is 14.0. The van der Waals surface area contributed by atoms with Crippen LogP contribution in [0.3, 0.4) is 0 Å². The minimum Gasteiger partial charge on any atom is -0.299 e. The highest BCUT2D eigenvalue weighted by Gasteiger charge is 2.22. The maximum atomic E-state index is 4.68. The van der Waals surface area contributed by atoms with Crippen LogP contribution in [0.2, 0.25) is 0 Å². The van der Waals surface area contributed by atoms with Crippen LogP contribution in [-0.2, 0) is 13.6 Å². The lowest BCUT2D eigenvalue weighted by molar-refractivity contribution is 0.173. The molecule has 0 radical (unpaired) electrons. The Morgan fingerprint density at radius 1 is 1.08 bits per heavy atom. The molecule has 3 heterocycles. The van der Waals surface area contributed by atoms with Crippen LogP contribution in [0, 0.1) is 0 Å². The van der Waals surface area contributed by atoms with Crippen molar-refractivity contribution in [2.75, 3.05) is 13.1 Å². The van der Waals surface area contributed by atoms with E-state index in [1.807, 2.05) is 30.1 Å². The predicted molar refractivity (Wildman–Crippen MR) is 94.4 cm³/mol. The van der Waals surface area contributed by atoms with Crippen molar-refractivity contribution in [1.82, 2.24) is 24.5 Å². The zero-order chi connectivity index (χ0) is 16.4. The van der Waals surface area contributed by atoms with Crippen molar-refractivity contribution < 1.29 is 0 Å². The first-order chi connectivity index (χ1) is 11.8. The van der Waals surface area contributed by atoms with E-state index in [1.54, 1.807) is 0 Å². The summed E-state index contributed by atoms with van der Waals surface area (Å²) in [5, 5.41) is 9.07. The minimum atomic E-state index is 0.541. The van der Waals surface area contributed by atoms with Crippen LogP contribution < -0.4 is 0 Å². The molecule has 4 rings (SSSR count). The molecule has 0 amide bonds. The Morgan fingerprint density at radius 2 is 1.88 bits per heavy atom. The monoisotopic (exact) mass is 321 g/mol. The molecule has 0 bridgehead atoms. The van der Waals surface area contributed by atoms with E-state index in [2.05, 4.69) is 56.4 Å². The molecule has 1 fully saturated rings. The van der Waals surface area contributed by atoms with Gasteiger partial charge in [-0.1, -0.05) is 30.3 Å². The van der Waals surface area contributed by atoms with Crippen LogP contribution in [0.4, 0.5) is 0 Å². The van der Waals surface area contributed by atoms with E-state index in [4.69, 9.17) is 0 Å². The summed E-state index contributed by atoms with van der Waals surface area (Å²) in [6, 6.07) is 13.0. The summed E-state index contributed by atoms with van der Waals surface area (Å²) in [5.74, 6) is 0. The maximum Gasteiger partial charge on any atom is 0.0968 e. The molecule has 0 atom stereocenters. The van der Waals surface area contributed by atoms with Gasteiger partial charge in [-0.05, 0) is 18.9 Å². The highest BCUT2D eigenvalue weighted by atomic mass is 15.3. The molecular weight excluding hydrogens is 298 g/mol. The van der Waals surface area contributed by atoms with Crippen LogP contribution in [0.15, 0.2) is 55.0 Å².